The first kappa shape index (κ1) is 23.0. The topological polar surface area (TPSA) is 44.8 Å². The zero-order valence-electron chi connectivity index (χ0n) is 18.0. The summed E-state index contributed by atoms with van der Waals surface area (Å²) in [4.78, 5) is 12.4. The molecule has 0 saturated carbocycles. The van der Waals surface area contributed by atoms with Crippen LogP contribution in [0.1, 0.15) is 81.3 Å². The molecule has 1 atom stereocenters. The van der Waals surface area contributed by atoms with Gasteiger partial charge >= 0.3 is 5.97 Å². The minimum Gasteiger partial charge on any atom is -0.494 e. The van der Waals surface area contributed by atoms with Gasteiger partial charge in [-0.1, -0.05) is 51.7 Å². The highest BCUT2D eigenvalue weighted by Gasteiger charge is 2.10. The fourth-order valence-electron chi connectivity index (χ4n) is 2.88. The van der Waals surface area contributed by atoms with Gasteiger partial charge in [0.25, 0.3) is 0 Å². The Hall–Kier alpha value is -2.33. The van der Waals surface area contributed by atoms with Gasteiger partial charge in [0, 0.05) is 6.61 Å². The quantitative estimate of drug-likeness (QED) is 0.213. The van der Waals surface area contributed by atoms with Crippen LogP contribution in [0.25, 0.3) is 0 Å². The molecular weight excluding hydrogens is 364 g/mol. The van der Waals surface area contributed by atoms with Crippen molar-refractivity contribution in [3.05, 3.63) is 59.7 Å². The van der Waals surface area contributed by atoms with Crippen LogP contribution in [0.5, 0.6) is 11.5 Å². The Balaban J connectivity index is 1.81. The molecule has 0 aliphatic carbocycles. The predicted molar refractivity (Wildman–Crippen MR) is 117 cm³/mol. The third-order valence-corrected chi connectivity index (χ3v) is 4.78. The standard InChI is InChI=1S/C25H34O4/c1-4-6-8-9-19-28-23-14-12-22(13-15-23)25(26)29-24-16-10-21(11-17-24)20(3)27-18-7-5-2/h10-17,20H,4-9,18-19H2,1-3H3. The SMILES string of the molecule is CCCCCCOc1ccc(C(=O)Oc2ccc(C(C)OCCCC)cc2)cc1. The van der Waals surface area contributed by atoms with Crippen molar-refractivity contribution < 1.29 is 19.0 Å². The molecule has 0 aliphatic rings. The first-order valence-corrected chi connectivity index (χ1v) is 10.8. The molecule has 4 heteroatoms. The lowest BCUT2D eigenvalue weighted by molar-refractivity contribution is 0.0636. The number of esters is 1. The van der Waals surface area contributed by atoms with Crippen LogP contribution in [-0.4, -0.2) is 19.2 Å². The number of benzene rings is 2. The molecule has 0 spiro atoms. The summed E-state index contributed by atoms with van der Waals surface area (Å²) in [6, 6.07) is 14.6. The van der Waals surface area contributed by atoms with E-state index in [2.05, 4.69) is 13.8 Å². The van der Waals surface area contributed by atoms with E-state index < -0.39 is 0 Å². The fourth-order valence-corrected chi connectivity index (χ4v) is 2.88. The molecule has 2 aromatic rings. The molecule has 1 unspecified atom stereocenters. The molecule has 0 bridgehead atoms. The van der Waals surface area contributed by atoms with Crippen molar-refractivity contribution in [2.24, 2.45) is 0 Å². The molecule has 0 aromatic heterocycles. The van der Waals surface area contributed by atoms with Crippen molar-refractivity contribution in [2.45, 2.75) is 65.4 Å². The van der Waals surface area contributed by atoms with Gasteiger partial charge in [-0.05, 0) is 61.7 Å². The number of ether oxygens (including phenoxy) is 3. The molecule has 0 aliphatic heterocycles. The van der Waals surface area contributed by atoms with Gasteiger partial charge in [-0.2, -0.15) is 0 Å². The van der Waals surface area contributed by atoms with Gasteiger partial charge in [-0.25, -0.2) is 4.79 Å². The summed E-state index contributed by atoms with van der Waals surface area (Å²) in [6.45, 7) is 7.83. The van der Waals surface area contributed by atoms with Gasteiger partial charge < -0.3 is 14.2 Å². The predicted octanol–water partition coefficient (Wildman–Crippen LogP) is 6.74. The minimum atomic E-state index is -0.375. The van der Waals surface area contributed by atoms with Crippen LogP contribution in [0.15, 0.2) is 48.5 Å². The molecule has 4 nitrogen and oxygen atoms in total. The van der Waals surface area contributed by atoms with Gasteiger partial charge in [-0.3, -0.25) is 0 Å². The van der Waals surface area contributed by atoms with Crippen LogP contribution in [0, 0.1) is 0 Å². The number of hydrogen-bond donors (Lipinski definition) is 0. The van der Waals surface area contributed by atoms with Gasteiger partial charge in [0.1, 0.15) is 11.5 Å². The monoisotopic (exact) mass is 398 g/mol. The molecule has 0 saturated heterocycles. The lowest BCUT2D eigenvalue weighted by Crippen LogP contribution is -2.09. The van der Waals surface area contributed by atoms with Crippen molar-refractivity contribution in [2.75, 3.05) is 13.2 Å². The fraction of sp³-hybridized carbons (Fsp3) is 0.480. The highest BCUT2D eigenvalue weighted by Crippen LogP contribution is 2.22. The molecule has 29 heavy (non-hydrogen) atoms. The molecule has 0 radical (unpaired) electrons. The van der Waals surface area contributed by atoms with E-state index in [4.69, 9.17) is 14.2 Å². The van der Waals surface area contributed by atoms with Crippen molar-refractivity contribution >= 4 is 5.97 Å². The third kappa shape index (κ3) is 8.28. The maximum absolute atomic E-state index is 12.4. The Morgan fingerprint density at radius 1 is 0.793 bits per heavy atom. The molecule has 0 amide bonds. The van der Waals surface area contributed by atoms with E-state index in [-0.39, 0.29) is 12.1 Å². The Morgan fingerprint density at radius 2 is 1.45 bits per heavy atom. The van der Waals surface area contributed by atoms with Gasteiger partial charge in [-0.15, -0.1) is 0 Å². The van der Waals surface area contributed by atoms with Crippen LogP contribution in [-0.2, 0) is 4.74 Å². The Labute approximate surface area is 175 Å². The van der Waals surface area contributed by atoms with Crippen LogP contribution in [0.3, 0.4) is 0 Å². The molecule has 0 N–H and O–H groups in total. The maximum atomic E-state index is 12.4. The normalized spacial score (nSPS) is 11.8. The van der Waals surface area contributed by atoms with E-state index in [0.29, 0.717) is 17.9 Å². The average molecular weight is 399 g/mol. The number of unbranched alkanes of at least 4 members (excludes halogenated alkanes) is 4. The summed E-state index contributed by atoms with van der Waals surface area (Å²) in [5, 5.41) is 0. The number of rotatable bonds is 13. The summed E-state index contributed by atoms with van der Waals surface area (Å²) < 4.78 is 17.0. The van der Waals surface area contributed by atoms with Crippen LogP contribution < -0.4 is 9.47 Å². The van der Waals surface area contributed by atoms with E-state index in [1.807, 2.05) is 31.2 Å². The summed E-state index contributed by atoms with van der Waals surface area (Å²) >= 11 is 0. The Morgan fingerprint density at radius 3 is 2.10 bits per heavy atom. The Kier molecular flexibility index (Phi) is 10.3. The summed E-state index contributed by atoms with van der Waals surface area (Å²) in [5.74, 6) is 0.926. The molecule has 158 valence electrons. The van der Waals surface area contributed by atoms with E-state index in [1.54, 1.807) is 24.3 Å². The zero-order chi connectivity index (χ0) is 20.9. The van der Waals surface area contributed by atoms with E-state index in [1.165, 1.54) is 19.3 Å². The van der Waals surface area contributed by atoms with Gasteiger partial charge in [0.05, 0.1) is 18.3 Å². The minimum absolute atomic E-state index is 0.0285. The largest absolute Gasteiger partial charge is 0.494 e. The number of carbonyl (C=O) groups excluding carboxylic acids is 1. The van der Waals surface area contributed by atoms with Gasteiger partial charge in [0.15, 0.2) is 0 Å². The first-order valence-electron chi connectivity index (χ1n) is 10.8. The summed E-state index contributed by atoms with van der Waals surface area (Å²) in [6.07, 6.45) is 6.89. The highest BCUT2D eigenvalue weighted by molar-refractivity contribution is 5.91. The van der Waals surface area contributed by atoms with Crippen molar-refractivity contribution in [1.29, 1.82) is 0 Å². The van der Waals surface area contributed by atoms with Crippen molar-refractivity contribution in [1.82, 2.24) is 0 Å². The van der Waals surface area contributed by atoms with Crippen LogP contribution >= 0.6 is 0 Å². The van der Waals surface area contributed by atoms with E-state index in [9.17, 15) is 4.79 Å². The second kappa shape index (κ2) is 13.0. The third-order valence-electron chi connectivity index (χ3n) is 4.78. The average Bonchev–Trinajstić information content (AvgIpc) is 2.74. The first-order chi connectivity index (χ1) is 14.1. The molecule has 2 aromatic carbocycles. The number of carbonyl (C=O) groups is 1. The second-order valence-corrected chi connectivity index (χ2v) is 7.26. The lowest BCUT2D eigenvalue weighted by atomic mass is 10.1. The Bertz CT molecular complexity index is 707. The maximum Gasteiger partial charge on any atom is 0.343 e. The van der Waals surface area contributed by atoms with Crippen molar-refractivity contribution in [3.8, 4) is 11.5 Å². The molecular formula is C25H34O4. The van der Waals surface area contributed by atoms with Gasteiger partial charge in [0.2, 0.25) is 0 Å². The van der Waals surface area contributed by atoms with E-state index >= 15 is 0 Å². The van der Waals surface area contributed by atoms with E-state index in [0.717, 1.165) is 37.2 Å². The van der Waals surface area contributed by atoms with Crippen LogP contribution in [0.2, 0.25) is 0 Å². The lowest BCUT2D eigenvalue weighted by Gasteiger charge is -2.13. The summed E-state index contributed by atoms with van der Waals surface area (Å²) in [5.41, 5.74) is 1.57. The number of hydrogen-bond acceptors (Lipinski definition) is 4. The molecule has 0 fully saturated rings. The molecule has 2 rings (SSSR count). The molecule has 0 heterocycles. The zero-order valence-corrected chi connectivity index (χ0v) is 18.0. The highest BCUT2D eigenvalue weighted by atomic mass is 16.5. The van der Waals surface area contributed by atoms with Crippen LogP contribution in [0.4, 0.5) is 0 Å². The smallest absolute Gasteiger partial charge is 0.343 e. The van der Waals surface area contributed by atoms with Crippen molar-refractivity contribution in [3.63, 3.8) is 0 Å². The summed E-state index contributed by atoms with van der Waals surface area (Å²) in [7, 11) is 0. The second-order valence-electron chi connectivity index (χ2n) is 7.26.